The number of H-pyrrole nitrogens is 1. The molecule has 0 unspecified atom stereocenters. The average Bonchev–Trinajstić information content (AvgIpc) is 2.77. The van der Waals surface area contributed by atoms with Crippen LogP contribution in [0.2, 0.25) is 0 Å². The molecule has 0 saturated heterocycles. The topological polar surface area (TPSA) is 101 Å². The smallest absolute Gasteiger partial charge is 0.278 e. The molecule has 0 bridgehead atoms. The summed E-state index contributed by atoms with van der Waals surface area (Å²) in [4.78, 5) is 6.54. The zero-order chi connectivity index (χ0) is 13.2. The second-order valence-electron chi connectivity index (χ2n) is 3.84. The van der Waals surface area contributed by atoms with Crippen LogP contribution in [0.1, 0.15) is 11.4 Å². The van der Waals surface area contributed by atoms with E-state index in [-0.39, 0.29) is 5.03 Å². The first-order chi connectivity index (χ1) is 8.51. The van der Waals surface area contributed by atoms with Crippen LogP contribution in [-0.4, -0.2) is 18.4 Å². The van der Waals surface area contributed by atoms with Crippen LogP contribution in [0.15, 0.2) is 35.5 Å². The minimum Gasteiger partial charge on any atom is -0.332 e. The first-order valence-corrected chi connectivity index (χ1v) is 6.83. The van der Waals surface area contributed by atoms with Crippen LogP contribution in [0.5, 0.6) is 0 Å². The number of nitrogens with zero attached hydrogens (tertiary/aromatic N) is 1. The van der Waals surface area contributed by atoms with Crippen molar-refractivity contribution in [3.63, 3.8) is 0 Å². The molecule has 0 spiro atoms. The molecular weight excluding hydrogens is 252 g/mol. The normalized spacial score (nSPS) is 11.4. The van der Waals surface area contributed by atoms with Gasteiger partial charge in [0.05, 0.1) is 6.20 Å². The summed E-state index contributed by atoms with van der Waals surface area (Å²) >= 11 is 0. The third kappa shape index (κ3) is 2.69. The lowest BCUT2D eigenvalue weighted by atomic mass is 10.2. The van der Waals surface area contributed by atoms with Gasteiger partial charge < -0.3 is 10.7 Å². The fourth-order valence-electron chi connectivity index (χ4n) is 1.45. The maximum atomic E-state index is 12.0. The van der Waals surface area contributed by atoms with Gasteiger partial charge in [0.2, 0.25) is 0 Å². The number of benzene rings is 1. The van der Waals surface area contributed by atoms with Gasteiger partial charge in [0, 0.05) is 12.2 Å². The van der Waals surface area contributed by atoms with Gasteiger partial charge in [-0.2, -0.15) is 8.42 Å². The summed E-state index contributed by atoms with van der Waals surface area (Å²) in [7, 11) is -3.61. The summed E-state index contributed by atoms with van der Waals surface area (Å²) in [5.74, 6) is 0.550. The van der Waals surface area contributed by atoms with Gasteiger partial charge in [-0.25, -0.2) is 4.98 Å². The quantitative estimate of drug-likeness (QED) is 0.767. The van der Waals surface area contributed by atoms with E-state index in [1.54, 1.807) is 31.2 Å². The van der Waals surface area contributed by atoms with Crippen molar-refractivity contribution in [1.82, 2.24) is 9.97 Å². The minimum absolute atomic E-state index is 0.0444. The number of nitrogens with one attached hydrogen (secondary N) is 2. The molecule has 0 saturated carbocycles. The molecule has 6 nitrogen and oxygen atoms in total. The van der Waals surface area contributed by atoms with Crippen LogP contribution >= 0.6 is 0 Å². The first-order valence-electron chi connectivity index (χ1n) is 5.35. The second-order valence-corrected chi connectivity index (χ2v) is 5.49. The van der Waals surface area contributed by atoms with E-state index in [0.29, 0.717) is 18.1 Å². The molecule has 18 heavy (non-hydrogen) atoms. The van der Waals surface area contributed by atoms with Crippen molar-refractivity contribution >= 4 is 15.7 Å². The number of imidazole rings is 1. The molecule has 0 radical (unpaired) electrons. The van der Waals surface area contributed by atoms with Crippen LogP contribution in [0.3, 0.4) is 0 Å². The van der Waals surface area contributed by atoms with E-state index in [0.717, 1.165) is 5.56 Å². The zero-order valence-corrected chi connectivity index (χ0v) is 10.7. The van der Waals surface area contributed by atoms with Crippen LogP contribution in [0.4, 0.5) is 5.69 Å². The van der Waals surface area contributed by atoms with E-state index in [1.807, 2.05) is 0 Å². The SMILES string of the molecule is Cc1ncc(S(=O)(=O)Nc2ccc(CN)cc2)[nH]1. The Morgan fingerprint density at radius 2 is 2.00 bits per heavy atom. The van der Waals surface area contributed by atoms with Crippen molar-refractivity contribution in [2.75, 3.05) is 4.72 Å². The molecule has 96 valence electrons. The van der Waals surface area contributed by atoms with E-state index < -0.39 is 10.0 Å². The van der Waals surface area contributed by atoms with Crippen molar-refractivity contribution in [1.29, 1.82) is 0 Å². The Hall–Kier alpha value is -1.86. The molecule has 7 heteroatoms. The number of nitrogens with two attached hydrogens (primary N) is 1. The lowest BCUT2D eigenvalue weighted by Crippen LogP contribution is -2.13. The summed E-state index contributed by atoms with van der Waals surface area (Å²) in [6, 6.07) is 6.89. The molecule has 1 aromatic heterocycles. The van der Waals surface area contributed by atoms with Crippen molar-refractivity contribution < 1.29 is 8.42 Å². The molecular formula is C11H14N4O2S. The molecule has 0 aliphatic rings. The third-order valence-electron chi connectivity index (χ3n) is 2.41. The Labute approximate surface area is 105 Å². The predicted molar refractivity (Wildman–Crippen MR) is 68.5 cm³/mol. The van der Waals surface area contributed by atoms with Gasteiger partial charge in [-0.15, -0.1) is 0 Å². The minimum atomic E-state index is -3.61. The standard InChI is InChI=1S/C11H14N4O2S/c1-8-13-7-11(14-8)18(16,17)15-10-4-2-9(6-12)3-5-10/h2-5,7,15H,6,12H2,1H3,(H,13,14). The van der Waals surface area contributed by atoms with Gasteiger partial charge in [-0.3, -0.25) is 4.72 Å². The zero-order valence-electron chi connectivity index (χ0n) is 9.84. The molecule has 1 aromatic carbocycles. The van der Waals surface area contributed by atoms with Crippen molar-refractivity contribution in [3.05, 3.63) is 41.9 Å². The Kier molecular flexibility index (Phi) is 3.35. The predicted octanol–water partition coefficient (Wildman–Crippen LogP) is 0.978. The van der Waals surface area contributed by atoms with Crippen LogP contribution in [-0.2, 0) is 16.6 Å². The highest BCUT2D eigenvalue weighted by Gasteiger charge is 2.16. The fraction of sp³-hybridized carbons (Fsp3) is 0.182. The van der Waals surface area contributed by atoms with E-state index in [4.69, 9.17) is 5.73 Å². The number of aryl methyl sites for hydroxylation is 1. The van der Waals surface area contributed by atoms with Crippen molar-refractivity contribution in [3.8, 4) is 0 Å². The molecule has 1 heterocycles. The van der Waals surface area contributed by atoms with Gasteiger partial charge in [0.15, 0.2) is 5.03 Å². The molecule has 0 atom stereocenters. The van der Waals surface area contributed by atoms with Crippen molar-refractivity contribution in [2.45, 2.75) is 18.5 Å². The molecule has 0 amide bonds. The first kappa shape index (κ1) is 12.6. The highest BCUT2D eigenvalue weighted by Crippen LogP contribution is 2.15. The van der Waals surface area contributed by atoms with Gasteiger partial charge in [-0.1, -0.05) is 12.1 Å². The number of rotatable bonds is 4. The Morgan fingerprint density at radius 1 is 1.33 bits per heavy atom. The van der Waals surface area contributed by atoms with Crippen LogP contribution < -0.4 is 10.5 Å². The highest BCUT2D eigenvalue weighted by atomic mass is 32.2. The number of sulfonamides is 1. The molecule has 0 aliphatic carbocycles. The van der Waals surface area contributed by atoms with Gasteiger partial charge in [0.1, 0.15) is 5.82 Å². The average molecular weight is 266 g/mol. The second kappa shape index (κ2) is 4.79. The highest BCUT2D eigenvalue weighted by molar-refractivity contribution is 7.92. The maximum absolute atomic E-state index is 12.0. The summed E-state index contributed by atoms with van der Waals surface area (Å²) in [5, 5.41) is 0.0444. The summed E-state index contributed by atoms with van der Waals surface area (Å²) in [6.07, 6.45) is 1.28. The molecule has 2 rings (SSSR count). The lowest BCUT2D eigenvalue weighted by molar-refractivity contribution is 0.598. The van der Waals surface area contributed by atoms with Gasteiger partial charge >= 0.3 is 0 Å². The number of hydrogen-bond donors (Lipinski definition) is 3. The molecule has 0 fully saturated rings. The third-order valence-corrected chi connectivity index (χ3v) is 3.70. The van der Waals surface area contributed by atoms with Gasteiger partial charge in [-0.05, 0) is 24.6 Å². The van der Waals surface area contributed by atoms with E-state index in [9.17, 15) is 8.42 Å². The largest absolute Gasteiger partial charge is 0.332 e. The van der Waals surface area contributed by atoms with E-state index >= 15 is 0 Å². The van der Waals surface area contributed by atoms with Crippen LogP contribution in [0, 0.1) is 6.92 Å². The molecule has 2 aromatic rings. The molecule has 4 N–H and O–H groups in total. The monoisotopic (exact) mass is 266 g/mol. The Bertz CT molecular complexity index is 631. The summed E-state index contributed by atoms with van der Waals surface area (Å²) in [6.45, 7) is 2.11. The lowest BCUT2D eigenvalue weighted by Gasteiger charge is -2.06. The van der Waals surface area contributed by atoms with Crippen LogP contribution in [0.25, 0.3) is 0 Å². The number of hydrogen-bond acceptors (Lipinski definition) is 4. The number of aromatic nitrogens is 2. The Balaban J connectivity index is 2.22. The number of anilines is 1. The van der Waals surface area contributed by atoms with Gasteiger partial charge in [0.25, 0.3) is 10.0 Å². The molecule has 0 aliphatic heterocycles. The summed E-state index contributed by atoms with van der Waals surface area (Å²) in [5.41, 5.74) is 6.89. The van der Waals surface area contributed by atoms with E-state index in [2.05, 4.69) is 14.7 Å². The Morgan fingerprint density at radius 3 is 2.50 bits per heavy atom. The maximum Gasteiger partial charge on any atom is 0.278 e. The van der Waals surface area contributed by atoms with E-state index in [1.165, 1.54) is 6.20 Å². The number of aromatic amines is 1. The fourth-order valence-corrected chi connectivity index (χ4v) is 2.48. The van der Waals surface area contributed by atoms with Crippen molar-refractivity contribution in [2.24, 2.45) is 5.73 Å². The summed E-state index contributed by atoms with van der Waals surface area (Å²) < 4.78 is 26.4.